The van der Waals surface area contributed by atoms with Crippen molar-refractivity contribution in [3.8, 4) is 0 Å². The normalized spacial score (nSPS) is 12.1. The predicted molar refractivity (Wildman–Crippen MR) is 344 cm³/mol. The molecular formula is C68H120N5Na3O15S. The molecule has 0 aliphatic carbocycles. The molecule has 20 nitrogen and oxygen atoms in total. The summed E-state index contributed by atoms with van der Waals surface area (Å²) in [5.41, 5.74) is 0. The first-order valence-corrected chi connectivity index (χ1v) is 36.1. The summed E-state index contributed by atoms with van der Waals surface area (Å²) in [6.45, 7) is 4.90. The molecule has 0 aliphatic rings. The van der Waals surface area contributed by atoms with Gasteiger partial charge in [0.2, 0.25) is 29.5 Å². The van der Waals surface area contributed by atoms with Gasteiger partial charge in [0.05, 0.1) is 25.1 Å². The van der Waals surface area contributed by atoms with E-state index in [1.54, 1.807) is 0 Å². The molecule has 0 heterocycles. The molecule has 0 spiro atoms. The van der Waals surface area contributed by atoms with E-state index in [9.17, 15) is 63.3 Å². The maximum absolute atomic E-state index is 13.9. The molecule has 0 radical (unpaired) electrons. The second kappa shape index (κ2) is 70.4. The molecule has 0 saturated carbocycles. The van der Waals surface area contributed by atoms with Crippen LogP contribution >= 0.6 is 11.8 Å². The van der Waals surface area contributed by atoms with Crippen molar-refractivity contribution in [1.82, 2.24) is 26.6 Å². The second-order valence-corrected chi connectivity index (χ2v) is 25.3. The minimum absolute atomic E-state index is 0. The number of nitrogens with one attached hydrogen (secondary N) is 5. The van der Waals surface area contributed by atoms with Crippen LogP contribution in [0.2, 0.25) is 0 Å². The van der Waals surface area contributed by atoms with E-state index in [-0.39, 0.29) is 126 Å². The number of hydrogen-bond donors (Lipinski definition) is 5. The molecule has 0 bridgehead atoms. The number of carbonyl (C=O) groups is 10. The summed E-state index contributed by atoms with van der Waals surface area (Å²) in [4.78, 5) is 126. The van der Waals surface area contributed by atoms with Crippen LogP contribution < -0.4 is 131 Å². The summed E-state index contributed by atoms with van der Waals surface area (Å²) < 4.78 is 11.6. The minimum Gasteiger partial charge on any atom is -0.550 e. The molecule has 0 aromatic heterocycles. The standard InChI is InChI=1S/C68H123N5O15S.3Na/c1-4-7-10-13-16-19-22-25-28-31-34-37-40-43-59(74)73-58(67(84)70-50-60(75)71-56(46-48-62(77)78)66(83)69-51-61(76)72-57(68(85)86)47-49-63(79)80)54-89-53-55(88-65(82)45-42-39-36-33-30-27-24-21-18-15-12-9-6-3)52-87-64(81)44-41-38-35-32-29-26-23-20-17-14-11-8-5-2;;;/h55-58H,4-54H2,1-3H3,(H,69,83)(H,70,84)(H,71,75)(H,72,76)(H,73,74)(H,77,78)(H,79,80)(H,85,86);;;/q;3*+1/p-3/t55-,56+,57+,58+;;;/m1.../s1. The molecule has 0 unspecified atom stereocenters. The molecule has 516 valence electrons. The van der Waals surface area contributed by atoms with Crippen LogP contribution in [0, 0.1) is 0 Å². The average Bonchev–Trinajstić information content (AvgIpc) is 3.58. The fourth-order valence-corrected chi connectivity index (χ4v) is 11.4. The summed E-state index contributed by atoms with van der Waals surface area (Å²) in [5, 5.41) is 45.4. The van der Waals surface area contributed by atoms with Crippen molar-refractivity contribution in [2.75, 3.05) is 31.2 Å². The summed E-state index contributed by atoms with van der Waals surface area (Å²) in [6, 6.07) is -4.49. The zero-order valence-corrected chi connectivity index (χ0v) is 65.2. The predicted octanol–water partition coefficient (Wildman–Crippen LogP) is 0.127. The third kappa shape index (κ3) is 64.1. The number of carboxylic acids is 3. The smallest absolute Gasteiger partial charge is 0.550 e. The van der Waals surface area contributed by atoms with Crippen LogP contribution in [0.15, 0.2) is 0 Å². The summed E-state index contributed by atoms with van der Waals surface area (Å²) in [6.07, 6.45) is 42.1. The van der Waals surface area contributed by atoms with Gasteiger partial charge in [0.15, 0.2) is 0 Å². The number of unbranched alkanes of at least 4 members (excludes halogenated alkanes) is 36. The van der Waals surface area contributed by atoms with Crippen LogP contribution in [0.5, 0.6) is 0 Å². The molecule has 0 aromatic carbocycles. The van der Waals surface area contributed by atoms with Gasteiger partial charge in [-0.2, -0.15) is 11.8 Å². The van der Waals surface area contributed by atoms with Gasteiger partial charge in [0, 0.05) is 42.7 Å². The molecule has 5 N–H and O–H groups in total. The molecule has 4 atom stereocenters. The Morgan fingerprint density at radius 1 is 0.348 bits per heavy atom. The Morgan fingerprint density at radius 3 is 1.01 bits per heavy atom. The molecule has 0 aromatic rings. The van der Waals surface area contributed by atoms with E-state index in [0.717, 1.165) is 64.2 Å². The van der Waals surface area contributed by atoms with E-state index in [1.165, 1.54) is 179 Å². The first kappa shape index (κ1) is 96.4. The van der Waals surface area contributed by atoms with Crippen LogP contribution in [-0.4, -0.2) is 115 Å². The van der Waals surface area contributed by atoms with E-state index in [1.807, 2.05) is 5.32 Å². The maximum atomic E-state index is 13.9. The third-order valence-electron chi connectivity index (χ3n) is 15.8. The van der Waals surface area contributed by atoms with Gasteiger partial charge in [-0.05, 0) is 44.9 Å². The maximum Gasteiger partial charge on any atom is 1.00 e. The summed E-state index contributed by atoms with van der Waals surface area (Å²) >= 11 is 1.18. The van der Waals surface area contributed by atoms with Crippen LogP contribution in [-0.2, 0) is 57.4 Å². The van der Waals surface area contributed by atoms with Crippen LogP contribution in [0.3, 0.4) is 0 Å². The topological polar surface area (TPSA) is 318 Å². The van der Waals surface area contributed by atoms with E-state index in [4.69, 9.17) is 9.47 Å². The number of ether oxygens (including phenoxy) is 2. The zero-order chi connectivity index (χ0) is 65.8. The largest absolute Gasteiger partial charge is 1.00 e. The average molecular weight is 1350 g/mol. The molecule has 0 aliphatic heterocycles. The van der Waals surface area contributed by atoms with Gasteiger partial charge in [-0.1, -0.05) is 252 Å². The van der Waals surface area contributed by atoms with Crippen molar-refractivity contribution in [3.63, 3.8) is 0 Å². The van der Waals surface area contributed by atoms with Crippen molar-refractivity contribution in [3.05, 3.63) is 0 Å². The Bertz CT molecular complexity index is 1910. The molecule has 0 saturated heterocycles. The summed E-state index contributed by atoms with van der Waals surface area (Å²) in [7, 11) is 0. The van der Waals surface area contributed by atoms with Gasteiger partial charge in [-0.3, -0.25) is 33.6 Å². The fourth-order valence-electron chi connectivity index (χ4n) is 10.4. The van der Waals surface area contributed by atoms with E-state index in [0.29, 0.717) is 19.3 Å². The van der Waals surface area contributed by atoms with Gasteiger partial charge in [-0.25, -0.2) is 0 Å². The summed E-state index contributed by atoms with van der Waals surface area (Å²) in [5.74, 6) is -9.86. The van der Waals surface area contributed by atoms with Gasteiger partial charge < -0.3 is 65.8 Å². The van der Waals surface area contributed by atoms with E-state index < -0.39 is 122 Å². The van der Waals surface area contributed by atoms with Crippen molar-refractivity contribution in [2.24, 2.45) is 0 Å². The molecular weight excluding hydrogens is 1230 g/mol. The molecule has 5 amide bonds. The SMILES string of the molecule is CCCCCCCCCCCCCCCC(=O)N[C@@H](CSC[C@@H](COC(=O)CCCCCCCCCCCCCCC)OC(=O)CCCCCCCCCCCCCCC)C(=O)NCC(=O)N[C@@H](CCC(=O)[O-])C(=O)NCC(=O)N[C@@H](CCC(=O)[O-])C(=O)[O-].[Na+].[Na+].[Na+]. The number of carbonyl (C=O) groups excluding carboxylic acids is 10. The molecule has 92 heavy (non-hydrogen) atoms. The van der Waals surface area contributed by atoms with Gasteiger partial charge in [-0.15, -0.1) is 0 Å². The van der Waals surface area contributed by atoms with Crippen molar-refractivity contribution >= 4 is 71.1 Å². The minimum atomic E-state index is -1.78. The van der Waals surface area contributed by atoms with E-state index >= 15 is 0 Å². The number of esters is 2. The Balaban J connectivity index is -0.0000129. The third-order valence-corrected chi connectivity index (χ3v) is 17.0. The Morgan fingerprint density at radius 2 is 0.652 bits per heavy atom. The Kier molecular flexibility index (Phi) is 73.8. The number of rotatable bonds is 65. The Labute approximate surface area is 625 Å². The monoisotopic (exact) mass is 1350 g/mol. The van der Waals surface area contributed by atoms with Gasteiger partial charge in [0.25, 0.3) is 0 Å². The number of aliphatic carboxylic acids is 3. The first-order valence-electron chi connectivity index (χ1n) is 35.0. The Hall–Kier alpha value is -1.95. The van der Waals surface area contributed by atoms with Gasteiger partial charge in [0.1, 0.15) is 24.8 Å². The fraction of sp³-hybridized carbons (Fsp3) is 0.853. The van der Waals surface area contributed by atoms with Gasteiger partial charge >= 0.3 is 101 Å². The van der Waals surface area contributed by atoms with Crippen LogP contribution in [0.1, 0.15) is 316 Å². The van der Waals surface area contributed by atoms with Crippen LogP contribution in [0.4, 0.5) is 0 Å². The van der Waals surface area contributed by atoms with Crippen molar-refractivity contribution < 1.29 is 161 Å². The number of amides is 5. The number of thioether (sulfide) groups is 1. The molecule has 0 fully saturated rings. The molecule has 24 heteroatoms. The first-order chi connectivity index (χ1) is 43.0. The second-order valence-electron chi connectivity index (χ2n) is 24.2. The number of carboxylic acid groups (broad SMARTS) is 3. The number of hydrogen-bond acceptors (Lipinski definition) is 16. The van der Waals surface area contributed by atoms with Crippen LogP contribution in [0.25, 0.3) is 0 Å². The molecule has 0 rings (SSSR count). The quantitative estimate of drug-likeness (QED) is 0.0307. The van der Waals surface area contributed by atoms with E-state index in [2.05, 4.69) is 42.0 Å². The zero-order valence-electron chi connectivity index (χ0n) is 58.4. The van der Waals surface area contributed by atoms with Crippen molar-refractivity contribution in [1.29, 1.82) is 0 Å². The van der Waals surface area contributed by atoms with Crippen molar-refractivity contribution in [2.45, 2.75) is 340 Å².